The Bertz CT molecular complexity index is 305. The van der Waals surface area contributed by atoms with Crippen LogP contribution >= 0.6 is 0 Å². The van der Waals surface area contributed by atoms with Crippen molar-refractivity contribution in [3.05, 3.63) is 11.9 Å². The summed E-state index contributed by atoms with van der Waals surface area (Å²) in [7, 11) is 0. The molecule has 1 N–H and O–H groups in total. The van der Waals surface area contributed by atoms with Gasteiger partial charge in [0.2, 0.25) is 0 Å². The smallest absolute Gasteiger partial charge is 0.111 e. The van der Waals surface area contributed by atoms with Gasteiger partial charge < -0.3 is 9.84 Å². The zero-order chi connectivity index (χ0) is 10.7. The molecule has 0 radical (unpaired) electrons. The molecule has 84 valence electrons. The fraction of sp³-hybridized carbons (Fsp3) is 0.800. The fourth-order valence-corrected chi connectivity index (χ4v) is 1.75. The molecule has 15 heavy (non-hydrogen) atoms. The molecule has 2 heterocycles. The second-order valence-electron chi connectivity index (χ2n) is 4.03. The van der Waals surface area contributed by atoms with Crippen LogP contribution in [0.25, 0.3) is 0 Å². The van der Waals surface area contributed by atoms with E-state index in [9.17, 15) is 5.11 Å². The summed E-state index contributed by atoms with van der Waals surface area (Å²) in [5, 5.41) is 17.1. The predicted molar refractivity (Wildman–Crippen MR) is 54.2 cm³/mol. The molecular weight excluding hydrogens is 194 g/mol. The van der Waals surface area contributed by atoms with E-state index in [0.29, 0.717) is 5.69 Å². The average Bonchev–Trinajstić information content (AvgIpc) is 2.68. The standard InChI is InChI=1S/C10H17N3O2/c1-8(14)10-7-13(12-11-10)6-9-4-2-3-5-15-9/h7-9,14H,2-6H2,1H3. The zero-order valence-corrected chi connectivity index (χ0v) is 8.96. The second kappa shape index (κ2) is 4.72. The molecule has 0 aliphatic carbocycles. The summed E-state index contributed by atoms with van der Waals surface area (Å²) in [4.78, 5) is 0. The highest BCUT2D eigenvalue weighted by Gasteiger charge is 2.15. The van der Waals surface area contributed by atoms with E-state index >= 15 is 0 Å². The van der Waals surface area contributed by atoms with Crippen molar-refractivity contribution in [2.75, 3.05) is 6.61 Å². The Morgan fingerprint density at radius 2 is 2.53 bits per heavy atom. The minimum Gasteiger partial charge on any atom is -0.387 e. The van der Waals surface area contributed by atoms with E-state index in [1.54, 1.807) is 17.8 Å². The molecule has 5 heteroatoms. The van der Waals surface area contributed by atoms with E-state index in [1.807, 2.05) is 0 Å². The number of hydrogen-bond acceptors (Lipinski definition) is 4. The maximum Gasteiger partial charge on any atom is 0.111 e. The summed E-state index contributed by atoms with van der Waals surface area (Å²) in [6.07, 6.45) is 4.95. The number of aliphatic hydroxyl groups excluding tert-OH is 1. The summed E-state index contributed by atoms with van der Waals surface area (Å²) in [6, 6.07) is 0. The molecule has 1 aromatic rings. The Morgan fingerprint density at radius 1 is 1.67 bits per heavy atom. The molecular formula is C10H17N3O2. The molecule has 2 atom stereocenters. The Hall–Kier alpha value is -0.940. The molecule has 0 saturated carbocycles. The van der Waals surface area contributed by atoms with Gasteiger partial charge in [0, 0.05) is 6.61 Å². The lowest BCUT2D eigenvalue weighted by Gasteiger charge is -2.21. The summed E-state index contributed by atoms with van der Waals surface area (Å²) in [5.74, 6) is 0. The first-order valence-electron chi connectivity index (χ1n) is 5.45. The molecule has 1 aliphatic heterocycles. The highest BCUT2D eigenvalue weighted by atomic mass is 16.5. The molecule has 5 nitrogen and oxygen atoms in total. The van der Waals surface area contributed by atoms with Crippen molar-refractivity contribution in [3.8, 4) is 0 Å². The fourth-order valence-electron chi connectivity index (χ4n) is 1.75. The summed E-state index contributed by atoms with van der Waals surface area (Å²) < 4.78 is 7.35. The number of nitrogens with zero attached hydrogens (tertiary/aromatic N) is 3. The molecule has 0 spiro atoms. The Morgan fingerprint density at radius 3 is 3.13 bits per heavy atom. The molecule has 0 bridgehead atoms. The predicted octanol–water partition coefficient (Wildman–Crippen LogP) is 0.900. The maximum atomic E-state index is 9.30. The zero-order valence-electron chi connectivity index (χ0n) is 8.96. The van der Waals surface area contributed by atoms with Crippen LogP contribution in [-0.2, 0) is 11.3 Å². The summed E-state index contributed by atoms with van der Waals surface area (Å²) in [5.41, 5.74) is 0.616. The third-order valence-corrected chi connectivity index (χ3v) is 2.65. The van der Waals surface area contributed by atoms with Gasteiger partial charge in [-0.3, -0.25) is 0 Å². The quantitative estimate of drug-likeness (QED) is 0.807. The van der Waals surface area contributed by atoms with Crippen molar-refractivity contribution in [1.29, 1.82) is 0 Å². The van der Waals surface area contributed by atoms with E-state index in [0.717, 1.165) is 26.0 Å². The number of hydrogen-bond donors (Lipinski definition) is 1. The highest BCUT2D eigenvalue weighted by Crippen LogP contribution is 2.14. The minimum atomic E-state index is -0.550. The van der Waals surface area contributed by atoms with Crippen molar-refractivity contribution in [2.24, 2.45) is 0 Å². The van der Waals surface area contributed by atoms with Crippen LogP contribution in [0.2, 0.25) is 0 Å². The van der Waals surface area contributed by atoms with E-state index in [1.165, 1.54) is 6.42 Å². The van der Waals surface area contributed by atoms with Gasteiger partial charge in [-0.1, -0.05) is 5.21 Å². The highest BCUT2D eigenvalue weighted by molar-refractivity contribution is 4.95. The molecule has 1 aromatic heterocycles. The van der Waals surface area contributed by atoms with Crippen LogP contribution in [0.4, 0.5) is 0 Å². The molecule has 1 fully saturated rings. The number of ether oxygens (including phenoxy) is 1. The van der Waals surface area contributed by atoms with E-state index in [-0.39, 0.29) is 6.10 Å². The van der Waals surface area contributed by atoms with Crippen LogP contribution < -0.4 is 0 Å². The topological polar surface area (TPSA) is 60.2 Å². The van der Waals surface area contributed by atoms with Gasteiger partial charge in [0.1, 0.15) is 5.69 Å². The lowest BCUT2D eigenvalue weighted by molar-refractivity contribution is 0.00368. The third-order valence-electron chi connectivity index (χ3n) is 2.65. The van der Waals surface area contributed by atoms with Crippen molar-refractivity contribution in [2.45, 2.75) is 44.9 Å². The SMILES string of the molecule is CC(O)c1cn(CC2CCCCO2)nn1. The first-order chi connectivity index (χ1) is 7.25. The van der Waals surface area contributed by atoms with Crippen molar-refractivity contribution in [1.82, 2.24) is 15.0 Å². The van der Waals surface area contributed by atoms with Gasteiger partial charge >= 0.3 is 0 Å². The largest absolute Gasteiger partial charge is 0.387 e. The minimum absolute atomic E-state index is 0.252. The molecule has 2 unspecified atom stereocenters. The molecule has 2 rings (SSSR count). The first kappa shape index (κ1) is 10.6. The van der Waals surface area contributed by atoms with Gasteiger partial charge in [0.15, 0.2) is 0 Å². The van der Waals surface area contributed by atoms with Gasteiger partial charge in [0.25, 0.3) is 0 Å². The number of aromatic nitrogens is 3. The van der Waals surface area contributed by atoms with Crippen LogP contribution in [0.5, 0.6) is 0 Å². The van der Waals surface area contributed by atoms with Crippen LogP contribution in [-0.4, -0.2) is 32.8 Å². The number of rotatable bonds is 3. The first-order valence-corrected chi connectivity index (χ1v) is 5.45. The Kier molecular flexibility index (Phi) is 3.33. The van der Waals surface area contributed by atoms with E-state index in [2.05, 4.69) is 10.3 Å². The van der Waals surface area contributed by atoms with Crippen LogP contribution in [0.3, 0.4) is 0 Å². The lowest BCUT2D eigenvalue weighted by Crippen LogP contribution is -2.24. The second-order valence-corrected chi connectivity index (χ2v) is 4.03. The van der Waals surface area contributed by atoms with Crippen LogP contribution in [0.15, 0.2) is 6.20 Å². The molecule has 0 amide bonds. The van der Waals surface area contributed by atoms with E-state index < -0.39 is 6.10 Å². The summed E-state index contributed by atoms with van der Waals surface area (Å²) in [6.45, 7) is 3.27. The summed E-state index contributed by atoms with van der Waals surface area (Å²) >= 11 is 0. The van der Waals surface area contributed by atoms with E-state index in [4.69, 9.17) is 4.74 Å². The third kappa shape index (κ3) is 2.76. The van der Waals surface area contributed by atoms with Gasteiger partial charge in [0.05, 0.1) is 24.9 Å². The van der Waals surface area contributed by atoms with Crippen LogP contribution in [0.1, 0.15) is 38.0 Å². The van der Waals surface area contributed by atoms with Gasteiger partial charge in [-0.25, -0.2) is 4.68 Å². The molecule has 1 saturated heterocycles. The molecule has 0 aromatic carbocycles. The monoisotopic (exact) mass is 211 g/mol. The number of aliphatic hydroxyl groups is 1. The van der Waals surface area contributed by atoms with Crippen molar-refractivity contribution in [3.63, 3.8) is 0 Å². The van der Waals surface area contributed by atoms with Gasteiger partial charge in [-0.2, -0.15) is 0 Å². The van der Waals surface area contributed by atoms with Gasteiger partial charge in [-0.15, -0.1) is 5.10 Å². The Balaban J connectivity index is 1.91. The van der Waals surface area contributed by atoms with Gasteiger partial charge in [-0.05, 0) is 26.2 Å². The average molecular weight is 211 g/mol. The van der Waals surface area contributed by atoms with Crippen molar-refractivity contribution < 1.29 is 9.84 Å². The molecule has 1 aliphatic rings. The maximum absolute atomic E-state index is 9.30. The van der Waals surface area contributed by atoms with Crippen molar-refractivity contribution >= 4 is 0 Å². The van der Waals surface area contributed by atoms with Crippen LogP contribution in [0, 0.1) is 0 Å². The normalized spacial score (nSPS) is 24.0. The lowest BCUT2D eigenvalue weighted by atomic mass is 10.1. The Labute approximate surface area is 89.0 Å².